The number of amides is 1. The van der Waals surface area contributed by atoms with Gasteiger partial charge in [-0.1, -0.05) is 29.8 Å². The molecule has 3 heterocycles. The summed E-state index contributed by atoms with van der Waals surface area (Å²) in [5.74, 6) is 0.644. The number of carbonyl (C=O) groups is 1. The predicted octanol–water partition coefficient (Wildman–Crippen LogP) is 2.36. The molecule has 1 aromatic carbocycles. The first-order valence-electron chi connectivity index (χ1n) is 10.1. The van der Waals surface area contributed by atoms with Crippen molar-refractivity contribution in [1.29, 1.82) is 0 Å². The Balaban J connectivity index is 1.28. The van der Waals surface area contributed by atoms with Crippen LogP contribution in [0.1, 0.15) is 28.9 Å². The van der Waals surface area contributed by atoms with E-state index in [0.717, 1.165) is 62.0 Å². The summed E-state index contributed by atoms with van der Waals surface area (Å²) in [5.41, 5.74) is 1.51. The molecule has 0 atom stereocenters. The van der Waals surface area contributed by atoms with Gasteiger partial charge in [-0.05, 0) is 36.6 Å². The maximum atomic E-state index is 12.4. The molecule has 1 amide bonds. The molecular formula is C21H26ClN5O2. The summed E-state index contributed by atoms with van der Waals surface area (Å²) < 4.78 is 5.32. The molecule has 8 heteroatoms. The van der Waals surface area contributed by atoms with Gasteiger partial charge in [-0.15, -0.1) is 10.2 Å². The lowest BCUT2D eigenvalue weighted by Crippen LogP contribution is -2.46. The second-order valence-electron chi connectivity index (χ2n) is 7.49. The molecule has 0 unspecified atom stereocenters. The van der Waals surface area contributed by atoms with Crippen LogP contribution in [-0.2, 0) is 11.3 Å². The maximum absolute atomic E-state index is 12.4. The first-order valence-corrected chi connectivity index (χ1v) is 10.5. The van der Waals surface area contributed by atoms with Crippen molar-refractivity contribution in [2.75, 3.05) is 44.3 Å². The third kappa shape index (κ3) is 5.23. The largest absolute Gasteiger partial charge is 0.381 e. The van der Waals surface area contributed by atoms with Gasteiger partial charge in [0.05, 0.1) is 0 Å². The molecular weight excluding hydrogens is 390 g/mol. The summed E-state index contributed by atoms with van der Waals surface area (Å²) in [6.07, 6.45) is 1.69. The molecule has 29 heavy (non-hydrogen) atoms. The molecule has 2 saturated heterocycles. The molecule has 0 spiro atoms. The number of benzene rings is 1. The van der Waals surface area contributed by atoms with Crippen LogP contribution < -0.4 is 10.2 Å². The number of halogens is 1. The van der Waals surface area contributed by atoms with Crippen LogP contribution in [-0.4, -0.2) is 66.4 Å². The number of rotatable bonds is 5. The number of piperazine rings is 1. The molecule has 1 aromatic heterocycles. The fourth-order valence-corrected chi connectivity index (χ4v) is 3.91. The van der Waals surface area contributed by atoms with E-state index in [9.17, 15) is 4.79 Å². The molecule has 2 aromatic rings. The second-order valence-corrected chi connectivity index (χ2v) is 7.90. The number of nitrogens with zero attached hydrogens (tertiary/aromatic N) is 4. The van der Waals surface area contributed by atoms with E-state index in [1.165, 1.54) is 0 Å². The van der Waals surface area contributed by atoms with Crippen LogP contribution in [0.3, 0.4) is 0 Å². The Morgan fingerprint density at radius 2 is 1.83 bits per heavy atom. The first-order chi connectivity index (χ1) is 14.2. The lowest BCUT2D eigenvalue weighted by molar-refractivity contribution is 0.0693. The average molecular weight is 416 g/mol. The van der Waals surface area contributed by atoms with E-state index in [1.807, 2.05) is 24.3 Å². The summed E-state index contributed by atoms with van der Waals surface area (Å²) in [6, 6.07) is 11.8. The standard InChI is InChI=1S/C21H26ClN5O2/c22-18-4-2-1-3-16(18)15-26-9-11-27(12-10-26)20-6-5-19(24-25-20)21(28)23-17-7-13-29-14-8-17/h1-6,17H,7-15H2,(H,23,28). The SMILES string of the molecule is O=C(NC1CCOCC1)c1ccc(N2CCN(Cc3ccccc3Cl)CC2)nn1. The number of hydrogen-bond donors (Lipinski definition) is 1. The minimum absolute atomic E-state index is 0.156. The van der Waals surface area contributed by atoms with Gasteiger partial charge in [0.2, 0.25) is 0 Å². The lowest BCUT2D eigenvalue weighted by Gasteiger charge is -2.35. The molecule has 0 bridgehead atoms. The zero-order chi connectivity index (χ0) is 20.1. The number of nitrogens with one attached hydrogen (secondary N) is 1. The van der Waals surface area contributed by atoms with Crippen molar-refractivity contribution in [2.24, 2.45) is 0 Å². The lowest BCUT2D eigenvalue weighted by atomic mass is 10.1. The van der Waals surface area contributed by atoms with Gasteiger partial charge in [0, 0.05) is 57.0 Å². The highest BCUT2D eigenvalue weighted by Crippen LogP contribution is 2.19. The number of hydrogen-bond acceptors (Lipinski definition) is 6. The number of anilines is 1. The van der Waals surface area contributed by atoms with Gasteiger partial charge in [-0.25, -0.2) is 0 Å². The van der Waals surface area contributed by atoms with Crippen molar-refractivity contribution < 1.29 is 9.53 Å². The Labute approximate surface area is 176 Å². The Morgan fingerprint density at radius 1 is 1.07 bits per heavy atom. The number of aromatic nitrogens is 2. The Bertz CT molecular complexity index is 818. The molecule has 2 aliphatic rings. The van der Waals surface area contributed by atoms with Crippen molar-refractivity contribution in [3.05, 3.63) is 52.7 Å². The minimum Gasteiger partial charge on any atom is -0.381 e. The van der Waals surface area contributed by atoms with Gasteiger partial charge in [0.1, 0.15) is 0 Å². The molecule has 1 N–H and O–H groups in total. The van der Waals surface area contributed by atoms with Crippen molar-refractivity contribution in [3.63, 3.8) is 0 Å². The highest BCUT2D eigenvalue weighted by Gasteiger charge is 2.21. The predicted molar refractivity (Wildman–Crippen MR) is 112 cm³/mol. The minimum atomic E-state index is -0.166. The molecule has 7 nitrogen and oxygen atoms in total. The van der Waals surface area contributed by atoms with Gasteiger partial charge in [-0.3, -0.25) is 9.69 Å². The Morgan fingerprint density at radius 3 is 2.52 bits per heavy atom. The highest BCUT2D eigenvalue weighted by atomic mass is 35.5. The summed E-state index contributed by atoms with van der Waals surface area (Å²) in [5, 5.41) is 12.3. The van der Waals surface area contributed by atoms with Crippen molar-refractivity contribution >= 4 is 23.3 Å². The van der Waals surface area contributed by atoms with Gasteiger partial charge in [-0.2, -0.15) is 0 Å². The highest BCUT2D eigenvalue weighted by molar-refractivity contribution is 6.31. The first kappa shape index (κ1) is 20.1. The summed E-state index contributed by atoms with van der Waals surface area (Å²) in [4.78, 5) is 17.0. The van der Waals surface area contributed by atoms with Crippen LogP contribution in [0.5, 0.6) is 0 Å². The fourth-order valence-electron chi connectivity index (χ4n) is 3.72. The van der Waals surface area contributed by atoms with Crippen molar-refractivity contribution in [1.82, 2.24) is 20.4 Å². The van der Waals surface area contributed by atoms with E-state index < -0.39 is 0 Å². The van der Waals surface area contributed by atoms with Gasteiger partial charge in [0.25, 0.3) is 5.91 Å². The van der Waals surface area contributed by atoms with E-state index in [4.69, 9.17) is 16.3 Å². The molecule has 0 saturated carbocycles. The third-order valence-electron chi connectivity index (χ3n) is 5.49. The van der Waals surface area contributed by atoms with E-state index in [1.54, 1.807) is 6.07 Å². The van der Waals surface area contributed by atoms with E-state index in [2.05, 4.69) is 31.4 Å². The van der Waals surface area contributed by atoms with Crippen LogP contribution in [0.4, 0.5) is 5.82 Å². The van der Waals surface area contributed by atoms with Crippen molar-refractivity contribution in [3.8, 4) is 0 Å². The van der Waals surface area contributed by atoms with Crippen LogP contribution in [0.2, 0.25) is 5.02 Å². The molecule has 2 fully saturated rings. The summed E-state index contributed by atoms with van der Waals surface area (Å²) in [7, 11) is 0. The fraction of sp³-hybridized carbons (Fsp3) is 0.476. The quantitative estimate of drug-likeness (QED) is 0.808. The molecule has 4 rings (SSSR count). The third-order valence-corrected chi connectivity index (χ3v) is 5.86. The van der Waals surface area contributed by atoms with E-state index in [-0.39, 0.29) is 11.9 Å². The summed E-state index contributed by atoms with van der Waals surface area (Å²) >= 11 is 6.28. The van der Waals surface area contributed by atoms with Crippen LogP contribution >= 0.6 is 11.6 Å². The summed E-state index contributed by atoms with van der Waals surface area (Å²) in [6.45, 7) is 5.83. The maximum Gasteiger partial charge on any atom is 0.272 e. The zero-order valence-electron chi connectivity index (χ0n) is 16.4. The van der Waals surface area contributed by atoms with Crippen LogP contribution in [0, 0.1) is 0 Å². The van der Waals surface area contributed by atoms with E-state index >= 15 is 0 Å². The molecule has 2 aliphatic heterocycles. The van der Waals surface area contributed by atoms with E-state index in [0.29, 0.717) is 18.9 Å². The molecule has 0 aliphatic carbocycles. The second kappa shape index (κ2) is 9.52. The monoisotopic (exact) mass is 415 g/mol. The average Bonchev–Trinajstić information content (AvgIpc) is 2.77. The Kier molecular flexibility index (Phi) is 6.59. The topological polar surface area (TPSA) is 70.6 Å². The number of ether oxygens (including phenoxy) is 1. The van der Waals surface area contributed by atoms with Crippen LogP contribution in [0.15, 0.2) is 36.4 Å². The normalized spacial score (nSPS) is 18.6. The molecule has 0 radical (unpaired) electrons. The van der Waals surface area contributed by atoms with Gasteiger partial charge in [0.15, 0.2) is 11.5 Å². The zero-order valence-corrected chi connectivity index (χ0v) is 17.1. The Hall–Kier alpha value is -2.22. The van der Waals surface area contributed by atoms with Crippen molar-refractivity contribution in [2.45, 2.75) is 25.4 Å². The smallest absolute Gasteiger partial charge is 0.272 e. The van der Waals surface area contributed by atoms with Gasteiger partial charge >= 0.3 is 0 Å². The van der Waals surface area contributed by atoms with Crippen LogP contribution in [0.25, 0.3) is 0 Å². The molecule has 154 valence electrons. The van der Waals surface area contributed by atoms with Gasteiger partial charge < -0.3 is 15.0 Å². The number of carbonyl (C=O) groups excluding carboxylic acids is 1.